The quantitative estimate of drug-likeness (QED) is 0.475. The Morgan fingerprint density at radius 2 is 1.81 bits per heavy atom. The second-order valence-electron chi connectivity index (χ2n) is 9.01. The van der Waals surface area contributed by atoms with Crippen molar-refractivity contribution in [1.82, 2.24) is 5.32 Å². The van der Waals surface area contributed by atoms with Gasteiger partial charge in [0.15, 0.2) is 0 Å². The molecular formula is C24H29N2O2S3+. The van der Waals surface area contributed by atoms with Crippen LogP contribution in [0.3, 0.4) is 0 Å². The van der Waals surface area contributed by atoms with Crippen molar-refractivity contribution < 1.29 is 14.4 Å². The molecule has 3 fully saturated rings. The number of thiophene rings is 3. The molecule has 0 saturated carbocycles. The van der Waals surface area contributed by atoms with Gasteiger partial charge in [0.2, 0.25) is 5.60 Å². The lowest BCUT2D eigenvalue weighted by Gasteiger charge is -2.53. The molecule has 3 saturated heterocycles. The highest BCUT2D eigenvalue weighted by Crippen LogP contribution is 2.38. The molecule has 0 aromatic carbocycles. The Morgan fingerprint density at radius 1 is 1.10 bits per heavy atom. The molecule has 0 radical (unpaired) electrons. The van der Waals surface area contributed by atoms with Crippen LogP contribution >= 0.6 is 34.0 Å². The van der Waals surface area contributed by atoms with Crippen molar-refractivity contribution in [2.75, 3.05) is 26.2 Å². The van der Waals surface area contributed by atoms with Gasteiger partial charge < -0.3 is 14.9 Å². The molecule has 1 amide bonds. The number of fused-ring (bicyclic) bond motifs is 3. The van der Waals surface area contributed by atoms with E-state index in [0.29, 0.717) is 15.7 Å². The molecule has 0 unspecified atom stereocenters. The fraction of sp³-hybridized carbons (Fsp3) is 0.458. The monoisotopic (exact) mass is 473 g/mol. The fourth-order valence-electron chi connectivity index (χ4n) is 5.41. The van der Waals surface area contributed by atoms with E-state index in [1.807, 2.05) is 35.0 Å². The predicted molar refractivity (Wildman–Crippen MR) is 129 cm³/mol. The number of quaternary nitrogens is 1. The molecule has 31 heavy (non-hydrogen) atoms. The minimum atomic E-state index is -1.60. The lowest BCUT2D eigenvalue weighted by molar-refractivity contribution is -0.944. The Morgan fingerprint density at radius 3 is 2.39 bits per heavy atom. The summed E-state index contributed by atoms with van der Waals surface area (Å²) in [7, 11) is 0. The number of hydrogen-bond donors (Lipinski definition) is 2. The van der Waals surface area contributed by atoms with E-state index in [-0.39, 0.29) is 11.9 Å². The summed E-state index contributed by atoms with van der Waals surface area (Å²) < 4.78 is 1.11. The third-order valence-corrected chi connectivity index (χ3v) is 9.87. The molecule has 2 bridgehead atoms. The number of carbonyl (C=O) groups is 1. The SMILES string of the molecule is O=C(N[C@H]1C[N+]2(CCCc3ccsc3)CCC1CC2)C(O)(c1cccs1)c1cccs1. The molecule has 0 aliphatic carbocycles. The highest BCUT2D eigenvalue weighted by molar-refractivity contribution is 7.12. The van der Waals surface area contributed by atoms with E-state index in [1.165, 1.54) is 67.1 Å². The molecule has 1 atom stereocenters. The second kappa shape index (κ2) is 8.79. The Kier molecular flexibility index (Phi) is 6.05. The number of piperidine rings is 3. The van der Waals surface area contributed by atoms with Crippen molar-refractivity contribution in [3.63, 3.8) is 0 Å². The van der Waals surface area contributed by atoms with E-state index in [9.17, 15) is 9.90 Å². The van der Waals surface area contributed by atoms with Crippen molar-refractivity contribution in [2.24, 2.45) is 5.92 Å². The molecule has 3 aromatic heterocycles. The first kappa shape index (κ1) is 21.3. The molecule has 7 heteroatoms. The summed E-state index contributed by atoms with van der Waals surface area (Å²) in [6, 6.07) is 9.88. The van der Waals surface area contributed by atoms with Gasteiger partial charge >= 0.3 is 0 Å². The van der Waals surface area contributed by atoms with Crippen LogP contribution in [0.25, 0.3) is 0 Å². The Bertz CT molecular complexity index is 940. The van der Waals surface area contributed by atoms with Crippen LogP contribution in [0.1, 0.15) is 34.6 Å². The molecule has 0 spiro atoms. The standard InChI is InChI=1S/C24H28N2O2S3/c27-23(24(28,21-5-2-13-30-21)22-6-3-14-31-22)25-20-16-26(11-7-19(20)8-12-26)10-1-4-18-9-15-29-17-18/h2-3,5-6,9,13-15,17,19-20,28H,1,4,7-8,10-12,16H2/p+1/t19?,20-,26?/m0/s1. The molecule has 164 valence electrons. The third kappa shape index (κ3) is 4.14. The summed E-state index contributed by atoms with van der Waals surface area (Å²) in [5.74, 6) is 0.254. The summed E-state index contributed by atoms with van der Waals surface area (Å²) in [6.45, 7) is 4.61. The zero-order chi connectivity index (χ0) is 21.3. The topological polar surface area (TPSA) is 49.3 Å². The number of carbonyl (C=O) groups excluding carboxylic acids is 1. The van der Waals surface area contributed by atoms with Crippen LogP contribution in [0.2, 0.25) is 0 Å². The first-order valence-electron chi connectivity index (χ1n) is 11.1. The highest BCUT2D eigenvalue weighted by Gasteiger charge is 2.49. The maximum atomic E-state index is 13.5. The average molecular weight is 474 g/mol. The van der Waals surface area contributed by atoms with Gasteiger partial charge in [-0.2, -0.15) is 11.3 Å². The van der Waals surface area contributed by atoms with Gasteiger partial charge in [-0.05, 0) is 57.6 Å². The van der Waals surface area contributed by atoms with Crippen molar-refractivity contribution in [3.8, 4) is 0 Å². The Hall–Kier alpha value is -1.51. The van der Waals surface area contributed by atoms with Crippen LogP contribution in [0.5, 0.6) is 0 Å². The number of nitrogens with one attached hydrogen (secondary N) is 1. The molecule has 3 aromatic rings. The summed E-state index contributed by atoms with van der Waals surface area (Å²) in [5, 5.41) is 23.2. The summed E-state index contributed by atoms with van der Waals surface area (Å²) in [5.41, 5.74) is -0.157. The maximum Gasteiger partial charge on any atom is 0.263 e. The van der Waals surface area contributed by atoms with Crippen LogP contribution in [0.15, 0.2) is 51.9 Å². The molecule has 3 aliphatic rings. The van der Waals surface area contributed by atoms with Crippen LogP contribution in [-0.2, 0) is 16.8 Å². The van der Waals surface area contributed by atoms with Crippen molar-refractivity contribution in [3.05, 3.63) is 67.2 Å². The van der Waals surface area contributed by atoms with Crippen molar-refractivity contribution >= 4 is 39.9 Å². The van der Waals surface area contributed by atoms with Crippen molar-refractivity contribution in [1.29, 1.82) is 0 Å². The van der Waals surface area contributed by atoms with E-state index in [2.05, 4.69) is 22.1 Å². The molecule has 6 rings (SSSR count). The molecular weight excluding hydrogens is 444 g/mol. The number of nitrogens with zero attached hydrogens (tertiary/aromatic N) is 1. The number of rotatable bonds is 8. The largest absolute Gasteiger partial charge is 0.371 e. The van der Waals surface area contributed by atoms with E-state index in [1.54, 1.807) is 11.3 Å². The zero-order valence-electron chi connectivity index (χ0n) is 17.5. The number of amides is 1. The summed E-state index contributed by atoms with van der Waals surface area (Å²) in [4.78, 5) is 14.9. The predicted octanol–water partition coefficient (Wildman–Crippen LogP) is 4.47. The lowest BCUT2D eigenvalue weighted by Crippen LogP contribution is -2.68. The normalized spacial score (nSPS) is 25.6. The maximum absolute atomic E-state index is 13.5. The Balaban J connectivity index is 1.29. The van der Waals surface area contributed by atoms with Gasteiger partial charge in [0, 0.05) is 19.3 Å². The Labute approximate surface area is 195 Å². The minimum absolute atomic E-state index is 0.141. The molecule has 2 N–H and O–H groups in total. The van der Waals surface area contributed by atoms with Crippen LogP contribution in [0, 0.1) is 5.92 Å². The van der Waals surface area contributed by atoms with Crippen LogP contribution in [-0.4, -0.2) is 47.7 Å². The van der Waals surface area contributed by atoms with E-state index in [4.69, 9.17) is 0 Å². The zero-order valence-corrected chi connectivity index (χ0v) is 20.0. The highest BCUT2D eigenvalue weighted by atomic mass is 32.1. The number of aliphatic hydroxyl groups is 1. The molecule has 3 aliphatic heterocycles. The molecule has 4 nitrogen and oxygen atoms in total. The van der Waals surface area contributed by atoms with Gasteiger partial charge in [-0.1, -0.05) is 12.1 Å². The average Bonchev–Trinajstić information content (AvgIpc) is 3.58. The number of aryl methyl sites for hydroxylation is 1. The van der Waals surface area contributed by atoms with E-state index < -0.39 is 5.60 Å². The van der Waals surface area contributed by atoms with Gasteiger partial charge in [0.1, 0.15) is 0 Å². The van der Waals surface area contributed by atoms with Crippen molar-refractivity contribution in [2.45, 2.75) is 37.3 Å². The smallest absolute Gasteiger partial charge is 0.263 e. The third-order valence-electron chi connectivity index (χ3n) is 7.18. The van der Waals surface area contributed by atoms with Gasteiger partial charge in [-0.3, -0.25) is 4.79 Å². The fourth-order valence-corrected chi connectivity index (χ4v) is 7.84. The minimum Gasteiger partial charge on any atom is -0.371 e. The van der Waals surface area contributed by atoms with Gasteiger partial charge in [0.25, 0.3) is 5.91 Å². The second-order valence-corrected chi connectivity index (χ2v) is 11.7. The van der Waals surface area contributed by atoms with Gasteiger partial charge in [0.05, 0.1) is 42.0 Å². The molecule has 6 heterocycles. The first-order chi connectivity index (χ1) is 15.1. The summed E-state index contributed by atoms with van der Waals surface area (Å²) in [6.07, 6.45) is 4.66. The van der Waals surface area contributed by atoms with Crippen LogP contribution < -0.4 is 5.32 Å². The van der Waals surface area contributed by atoms with E-state index in [0.717, 1.165) is 17.4 Å². The van der Waals surface area contributed by atoms with Crippen LogP contribution in [0.4, 0.5) is 0 Å². The number of hydrogen-bond acceptors (Lipinski definition) is 5. The van der Waals surface area contributed by atoms with E-state index >= 15 is 0 Å². The van der Waals surface area contributed by atoms with Gasteiger partial charge in [-0.25, -0.2) is 0 Å². The lowest BCUT2D eigenvalue weighted by atomic mass is 9.81. The summed E-state index contributed by atoms with van der Waals surface area (Å²) >= 11 is 4.64. The first-order valence-corrected chi connectivity index (χ1v) is 13.8. The van der Waals surface area contributed by atoms with Gasteiger partial charge in [-0.15, -0.1) is 22.7 Å².